The molecule has 1 aliphatic rings. The topological polar surface area (TPSA) is 60.8 Å². The number of hydrogen-bond donors (Lipinski definition) is 0. The van der Waals surface area contributed by atoms with Crippen LogP contribution < -0.4 is 9.47 Å². The van der Waals surface area contributed by atoms with E-state index < -0.39 is 5.54 Å². The third kappa shape index (κ3) is 1.55. The van der Waals surface area contributed by atoms with Gasteiger partial charge in [0.2, 0.25) is 12.0 Å². The summed E-state index contributed by atoms with van der Waals surface area (Å²) in [5.74, 6) is 1.10. The molecule has 0 unspecified atom stereocenters. The van der Waals surface area contributed by atoms with Gasteiger partial charge in [-0.3, -0.25) is 0 Å². The first kappa shape index (κ1) is 10.6. The van der Waals surface area contributed by atoms with Gasteiger partial charge in [0.25, 0.3) is 0 Å². The van der Waals surface area contributed by atoms with E-state index in [-0.39, 0.29) is 0 Å². The fourth-order valence-corrected chi connectivity index (χ4v) is 1.80. The van der Waals surface area contributed by atoms with E-state index in [1.54, 1.807) is 25.5 Å². The number of rotatable bonds is 4. The highest BCUT2D eigenvalue weighted by atomic mass is 16.5. The highest BCUT2D eigenvalue weighted by Gasteiger charge is 2.49. The zero-order chi connectivity index (χ0) is 11.6. The zero-order valence-corrected chi connectivity index (χ0v) is 9.19. The van der Waals surface area contributed by atoms with Crippen LogP contribution in [0.15, 0.2) is 17.3 Å². The first-order chi connectivity index (χ1) is 7.77. The third-order valence-electron chi connectivity index (χ3n) is 2.74. The van der Waals surface area contributed by atoms with E-state index in [4.69, 9.17) is 9.47 Å². The molecule has 1 aromatic heterocycles. The molecule has 84 valence electrons. The highest BCUT2D eigenvalue weighted by molar-refractivity contribution is 5.51. The lowest BCUT2D eigenvalue weighted by Gasteiger charge is -2.15. The van der Waals surface area contributed by atoms with Crippen molar-refractivity contribution in [1.82, 2.24) is 4.98 Å². The Balaban J connectivity index is 2.57. The van der Waals surface area contributed by atoms with Crippen molar-refractivity contribution in [3.05, 3.63) is 17.8 Å². The third-order valence-corrected chi connectivity index (χ3v) is 2.74. The van der Waals surface area contributed by atoms with Gasteiger partial charge in [-0.15, -0.1) is 0 Å². The van der Waals surface area contributed by atoms with Crippen LogP contribution in [0.2, 0.25) is 0 Å². The second-order valence-electron chi connectivity index (χ2n) is 3.63. The first-order valence-electron chi connectivity index (χ1n) is 4.94. The molecular formula is C11H12N2O3. The molecule has 0 saturated heterocycles. The maximum Gasteiger partial charge on any atom is 0.235 e. The Kier molecular flexibility index (Phi) is 2.62. The summed E-state index contributed by atoms with van der Waals surface area (Å²) in [6.45, 7) is 0. The molecule has 16 heavy (non-hydrogen) atoms. The van der Waals surface area contributed by atoms with E-state index in [0.717, 1.165) is 18.4 Å². The number of carbonyl (C=O) groups excluding carboxylic acids is 1. The van der Waals surface area contributed by atoms with E-state index >= 15 is 0 Å². The van der Waals surface area contributed by atoms with Crippen molar-refractivity contribution >= 4 is 6.08 Å². The van der Waals surface area contributed by atoms with Gasteiger partial charge in [-0.05, 0) is 18.9 Å². The van der Waals surface area contributed by atoms with Gasteiger partial charge in [-0.1, -0.05) is 0 Å². The molecule has 0 spiro atoms. The van der Waals surface area contributed by atoms with Crippen LogP contribution in [0, 0.1) is 0 Å². The van der Waals surface area contributed by atoms with E-state index in [1.807, 2.05) is 0 Å². The van der Waals surface area contributed by atoms with Crippen molar-refractivity contribution < 1.29 is 14.3 Å². The van der Waals surface area contributed by atoms with Gasteiger partial charge in [-0.2, -0.15) is 4.99 Å². The summed E-state index contributed by atoms with van der Waals surface area (Å²) in [5.41, 5.74) is 0.204. The van der Waals surface area contributed by atoms with Crippen LogP contribution >= 0.6 is 0 Å². The molecule has 1 saturated carbocycles. The molecule has 0 aliphatic heterocycles. The van der Waals surface area contributed by atoms with E-state index in [2.05, 4.69) is 9.98 Å². The largest absolute Gasteiger partial charge is 0.496 e. The SMILES string of the molecule is COc1ccnc(OC)c1C1(N=C=O)CC1. The standard InChI is InChI=1S/C11H12N2O3/c1-15-8-3-6-12-10(16-2)9(8)11(4-5-11)13-7-14/h3,6H,4-5H2,1-2H3. The molecule has 0 N–H and O–H groups in total. The predicted octanol–water partition coefficient (Wildman–Crippen LogP) is 1.42. The number of methoxy groups -OCH3 is 2. The Morgan fingerprint density at radius 2 is 2.19 bits per heavy atom. The van der Waals surface area contributed by atoms with Crippen molar-refractivity contribution in [2.75, 3.05) is 14.2 Å². The fraction of sp³-hybridized carbons (Fsp3) is 0.455. The van der Waals surface area contributed by atoms with E-state index in [9.17, 15) is 4.79 Å². The Bertz CT molecular complexity index is 426. The lowest BCUT2D eigenvalue weighted by Crippen LogP contribution is -2.08. The van der Waals surface area contributed by atoms with Crippen LogP contribution in [0.3, 0.4) is 0 Å². The van der Waals surface area contributed by atoms with Crippen molar-refractivity contribution in [2.24, 2.45) is 4.99 Å². The average Bonchev–Trinajstić information content (AvgIpc) is 3.09. The van der Waals surface area contributed by atoms with Gasteiger partial charge in [0.05, 0.1) is 19.8 Å². The Hall–Kier alpha value is -1.87. The van der Waals surface area contributed by atoms with Gasteiger partial charge in [0, 0.05) is 6.20 Å². The number of aliphatic imine (C=N–C) groups is 1. The summed E-state index contributed by atoms with van der Waals surface area (Å²) in [6.07, 6.45) is 4.79. The smallest absolute Gasteiger partial charge is 0.235 e. The average molecular weight is 220 g/mol. The number of nitrogens with zero attached hydrogens (tertiary/aromatic N) is 2. The van der Waals surface area contributed by atoms with Gasteiger partial charge in [0.1, 0.15) is 11.3 Å². The fourth-order valence-electron chi connectivity index (χ4n) is 1.80. The molecule has 0 aromatic carbocycles. The van der Waals surface area contributed by atoms with Crippen molar-refractivity contribution in [3.63, 3.8) is 0 Å². The Morgan fingerprint density at radius 3 is 2.69 bits per heavy atom. The number of hydrogen-bond acceptors (Lipinski definition) is 5. The molecule has 1 aliphatic carbocycles. The maximum atomic E-state index is 10.4. The summed E-state index contributed by atoms with van der Waals surface area (Å²) in [5, 5.41) is 0. The van der Waals surface area contributed by atoms with Gasteiger partial charge < -0.3 is 9.47 Å². The zero-order valence-electron chi connectivity index (χ0n) is 9.19. The maximum absolute atomic E-state index is 10.4. The van der Waals surface area contributed by atoms with Crippen molar-refractivity contribution in [1.29, 1.82) is 0 Å². The molecule has 5 heteroatoms. The molecule has 2 rings (SSSR count). The quantitative estimate of drug-likeness (QED) is 0.568. The number of isocyanates is 1. The molecule has 5 nitrogen and oxygen atoms in total. The number of pyridine rings is 1. The highest BCUT2D eigenvalue weighted by Crippen LogP contribution is 2.54. The molecule has 1 aromatic rings. The van der Waals surface area contributed by atoms with Crippen LogP contribution in [0.25, 0.3) is 0 Å². The normalized spacial score (nSPS) is 16.1. The summed E-state index contributed by atoms with van der Waals surface area (Å²) < 4.78 is 10.4. The van der Waals surface area contributed by atoms with Crippen LogP contribution in [-0.4, -0.2) is 25.3 Å². The molecule has 1 fully saturated rings. The molecule has 0 atom stereocenters. The summed E-state index contributed by atoms with van der Waals surface area (Å²) in [7, 11) is 3.10. The minimum absolute atomic E-state index is 0.454. The van der Waals surface area contributed by atoms with Crippen LogP contribution in [0.4, 0.5) is 0 Å². The van der Waals surface area contributed by atoms with Crippen LogP contribution in [-0.2, 0) is 10.3 Å². The van der Waals surface area contributed by atoms with Gasteiger partial charge >= 0.3 is 0 Å². The molecule has 0 amide bonds. The first-order valence-corrected chi connectivity index (χ1v) is 4.94. The minimum atomic E-state index is -0.535. The second kappa shape index (κ2) is 3.94. The molecule has 0 radical (unpaired) electrons. The summed E-state index contributed by atoms with van der Waals surface area (Å²) in [4.78, 5) is 18.4. The monoisotopic (exact) mass is 220 g/mol. The van der Waals surface area contributed by atoms with Crippen molar-refractivity contribution in [3.8, 4) is 11.6 Å². The Labute approximate surface area is 93.1 Å². The van der Waals surface area contributed by atoms with Gasteiger partial charge in [0.15, 0.2) is 0 Å². The Morgan fingerprint density at radius 1 is 1.44 bits per heavy atom. The molecule has 1 heterocycles. The molecular weight excluding hydrogens is 208 g/mol. The van der Waals surface area contributed by atoms with Crippen LogP contribution in [0.5, 0.6) is 11.6 Å². The van der Waals surface area contributed by atoms with E-state index in [0.29, 0.717) is 11.6 Å². The number of aromatic nitrogens is 1. The predicted molar refractivity (Wildman–Crippen MR) is 56.4 cm³/mol. The number of ether oxygens (including phenoxy) is 2. The molecule has 0 bridgehead atoms. The summed E-state index contributed by atoms with van der Waals surface area (Å²) >= 11 is 0. The minimum Gasteiger partial charge on any atom is -0.496 e. The summed E-state index contributed by atoms with van der Waals surface area (Å²) in [6, 6.07) is 1.73. The lowest BCUT2D eigenvalue weighted by atomic mass is 10.1. The lowest BCUT2D eigenvalue weighted by molar-refractivity contribution is 0.365. The second-order valence-corrected chi connectivity index (χ2v) is 3.63. The van der Waals surface area contributed by atoms with Crippen molar-refractivity contribution in [2.45, 2.75) is 18.4 Å². The van der Waals surface area contributed by atoms with Crippen LogP contribution in [0.1, 0.15) is 18.4 Å². The van der Waals surface area contributed by atoms with E-state index in [1.165, 1.54) is 7.11 Å². The van der Waals surface area contributed by atoms with Gasteiger partial charge in [-0.25, -0.2) is 9.78 Å².